The van der Waals surface area contributed by atoms with E-state index in [2.05, 4.69) is 5.10 Å². The first-order valence-electron chi connectivity index (χ1n) is 6.19. The van der Waals surface area contributed by atoms with Gasteiger partial charge in [0.25, 0.3) is 0 Å². The first-order valence-corrected chi connectivity index (χ1v) is 6.19. The third kappa shape index (κ3) is 2.08. The van der Waals surface area contributed by atoms with Crippen molar-refractivity contribution in [2.75, 3.05) is 0 Å². The molecule has 94 valence electrons. The van der Waals surface area contributed by atoms with Crippen LogP contribution in [0, 0.1) is 20.8 Å². The van der Waals surface area contributed by atoms with Gasteiger partial charge in [-0.15, -0.1) is 0 Å². The highest BCUT2D eigenvalue weighted by molar-refractivity contribution is 6.09. The van der Waals surface area contributed by atoms with Crippen LogP contribution in [0.4, 0.5) is 0 Å². The van der Waals surface area contributed by atoms with Crippen LogP contribution in [0.1, 0.15) is 39.7 Å². The monoisotopic (exact) mass is 242 g/mol. The van der Waals surface area contributed by atoms with Crippen LogP contribution in [0.25, 0.3) is 0 Å². The molecule has 0 atom stereocenters. The van der Waals surface area contributed by atoms with E-state index in [1.165, 1.54) is 5.56 Å². The van der Waals surface area contributed by atoms with Gasteiger partial charge in [-0.2, -0.15) is 5.10 Å². The molecule has 0 aliphatic rings. The largest absolute Gasteiger partial charge is 0.287 e. The molecule has 0 fully saturated rings. The summed E-state index contributed by atoms with van der Waals surface area (Å²) >= 11 is 0. The number of nitrogens with zero attached hydrogens (tertiary/aromatic N) is 2. The Hall–Kier alpha value is -1.90. The number of ketones is 1. The van der Waals surface area contributed by atoms with Crippen molar-refractivity contribution in [1.82, 2.24) is 9.78 Å². The summed E-state index contributed by atoms with van der Waals surface area (Å²) in [5, 5.41) is 4.15. The number of carbonyl (C=O) groups is 1. The molecule has 2 rings (SSSR count). The Morgan fingerprint density at radius 1 is 1.22 bits per heavy atom. The molecule has 0 spiro atoms. The van der Waals surface area contributed by atoms with Gasteiger partial charge in [0.05, 0.1) is 0 Å². The van der Waals surface area contributed by atoms with E-state index in [4.69, 9.17) is 0 Å². The maximum atomic E-state index is 12.6. The van der Waals surface area contributed by atoms with Crippen molar-refractivity contribution in [3.8, 4) is 0 Å². The lowest BCUT2D eigenvalue weighted by Crippen LogP contribution is -2.13. The van der Waals surface area contributed by atoms with Crippen molar-refractivity contribution in [1.29, 1.82) is 0 Å². The summed E-state index contributed by atoms with van der Waals surface area (Å²) in [4.78, 5) is 12.6. The van der Waals surface area contributed by atoms with Crippen LogP contribution in [0.5, 0.6) is 0 Å². The van der Waals surface area contributed by atoms with Crippen LogP contribution in [0.15, 0.2) is 24.4 Å². The van der Waals surface area contributed by atoms with E-state index in [1.807, 2.05) is 39.8 Å². The Bertz CT molecular complexity index is 573. The lowest BCUT2D eigenvalue weighted by Gasteiger charge is -2.11. The summed E-state index contributed by atoms with van der Waals surface area (Å²) in [5.41, 5.74) is 4.71. The molecule has 0 saturated carbocycles. The van der Waals surface area contributed by atoms with Gasteiger partial charge in [0.2, 0.25) is 5.78 Å². The van der Waals surface area contributed by atoms with Crippen molar-refractivity contribution < 1.29 is 4.79 Å². The Morgan fingerprint density at radius 3 is 2.39 bits per heavy atom. The van der Waals surface area contributed by atoms with Crippen LogP contribution < -0.4 is 0 Å². The molecule has 0 radical (unpaired) electrons. The molecule has 3 nitrogen and oxygen atoms in total. The number of aromatic nitrogens is 2. The second-order valence-electron chi connectivity index (χ2n) is 4.64. The Labute approximate surface area is 107 Å². The SMILES string of the molecule is CCn1nccc1C(=O)c1c(C)cc(C)cc1C. The average Bonchev–Trinajstić information content (AvgIpc) is 2.75. The fourth-order valence-corrected chi connectivity index (χ4v) is 2.44. The van der Waals surface area contributed by atoms with E-state index in [1.54, 1.807) is 16.9 Å². The lowest BCUT2D eigenvalue weighted by atomic mass is 9.95. The van der Waals surface area contributed by atoms with Crippen LogP contribution in [0.2, 0.25) is 0 Å². The van der Waals surface area contributed by atoms with Crippen molar-refractivity contribution in [3.05, 3.63) is 52.3 Å². The first kappa shape index (κ1) is 12.6. The van der Waals surface area contributed by atoms with E-state index in [0.29, 0.717) is 12.2 Å². The van der Waals surface area contributed by atoms with Gasteiger partial charge < -0.3 is 0 Å². The predicted molar refractivity (Wildman–Crippen MR) is 72.0 cm³/mol. The zero-order valence-electron chi connectivity index (χ0n) is 11.3. The molecule has 0 aliphatic carbocycles. The summed E-state index contributed by atoms with van der Waals surface area (Å²) in [7, 11) is 0. The minimum absolute atomic E-state index is 0.0596. The normalized spacial score (nSPS) is 10.7. The topological polar surface area (TPSA) is 34.9 Å². The highest BCUT2D eigenvalue weighted by Gasteiger charge is 2.18. The summed E-state index contributed by atoms with van der Waals surface area (Å²) < 4.78 is 1.74. The zero-order chi connectivity index (χ0) is 13.3. The first-order chi connectivity index (χ1) is 8.54. The molecule has 0 unspecified atom stereocenters. The lowest BCUT2D eigenvalue weighted by molar-refractivity contribution is 0.102. The van der Waals surface area contributed by atoms with E-state index >= 15 is 0 Å². The van der Waals surface area contributed by atoms with Crippen molar-refractivity contribution >= 4 is 5.78 Å². The number of aryl methyl sites for hydroxylation is 4. The third-order valence-corrected chi connectivity index (χ3v) is 3.15. The summed E-state index contributed by atoms with van der Waals surface area (Å²) in [6.07, 6.45) is 1.68. The summed E-state index contributed by atoms with van der Waals surface area (Å²) in [6.45, 7) is 8.71. The van der Waals surface area contributed by atoms with Crippen molar-refractivity contribution in [2.45, 2.75) is 34.2 Å². The average molecular weight is 242 g/mol. The minimum Gasteiger partial charge on any atom is -0.287 e. The number of hydrogen-bond acceptors (Lipinski definition) is 2. The molecule has 18 heavy (non-hydrogen) atoms. The molecule has 0 N–H and O–H groups in total. The number of carbonyl (C=O) groups excluding carboxylic acids is 1. The molecular weight excluding hydrogens is 224 g/mol. The van der Waals surface area contributed by atoms with Crippen LogP contribution in [-0.4, -0.2) is 15.6 Å². The van der Waals surface area contributed by atoms with Gasteiger partial charge in [0.1, 0.15) is 5.69 Å². The number of rotatable bonds is 3. The second-order valence-corrected chi connectivity index (χ2v) is 4.64. The number of benzene rings is 1. The van der Waals surface area contributed by atoms with E-state index in [9.17, 15) is 4.79 Å². The summed E-state index contributed by atoms with van der Waals surface area (Å²) in [6, 6.07) is 5.88. The fraction of sp³-hybridized carbons (Fsp3) is 0.333. The maximum Gasteiger partial charge on any atom is 0.211 e. The van der Waals surface area contributed by atoms with E-state index in [-0.39, 0.29) is 5.78 Å². The van der Waals surface area contributed by atoms with Gasteiger partial charge >= 0.3 is 0 Å². The van der Waals surface area contributed by atoms with Gasteiger partial charge in [-0.25, -0.2) is 0 Å². The maximum absolute atomic E-state index is 12.6. The molecule has 1 heterocycles. The van der Waals surface area contributed by atoms with Gasteiger partial charge in [-0.3, -0.25) is 9.48 Å². The van der Waals surface area contributed by atoms with Crippen molar-refractivity contribution in [2.24, 2.45) is 0 Å². The zero-order valence-corrected chi connectivity index (χ0v) is 11.3. The molecule has 2 aromatic rings. The van der Waals surface area contributed by atoms with Crippen LogP contribution in [0.3, 0.4) is 0 Å². The molecule has 1 aromatic heterocycles. The molecule has 0 saturated heterocycles. The summed E-state index contributed by atoms with van der Waals surface area (Å²) in [5.74, 6) is 0.0596. The van der Waals surface area contributed by atoms with Crippen LogP contribution >= 0.6 is 0 Å². The minimum atomic E-state index is 0.0596. The van der Waals surface area contributed by atoms with Gasteiger partial charge in [-0.1, -0.05) is 17.7 Å². The number of hydrogen-bond donors (Lipinski definition) is 0. The van der Waals surface area contributed by atoms with E-state index in [0.717, 1.165) is 16.7 Å². The molecule has 0 amide bonds. The van der Waals surface area contributed by atoms with Gasteiger partial charge in [0, 0.05) is 18.3 Å². The predicted octanol–water partition coefficient (Wildman–Crippen LogP) is 3.06. The molecular formula is C15H18N2O. The third-order valence-electron chi connectivity index (χ3n) is 3.15. The standard InChI is InChI=1S/C15H18N2O/c1-5-17-13(6-7-16-17)15(18)14-11(3)8-10(2)9-12(14)4/h6-9H,5H2,1-4H3. The molecule has 3 heteroatoms. The smallest absolute Gasteiger partial charge is 0.211 e. The highest BCUT2D eigenvalue weighted by Crippen LogP contribution is 2.20. The molecule has 0 bridgehead atoms. The Kier molecular flexibility index (Phi) is 3.32. The van der Waals surface area contributed by atoms with Crippen LogP contribution in [-0.2, 0) is 6.54 Å². The van der Waals surface area contributed by atoms with E-state index < -0.39 is 0 Å². The Morgan fingerprint density at radius 2 is 1.83 bits per heavy atom. The molecule has 1 aromatic carbocycles. The quantitative estimate of drug-likeness (QED) is 0.775. The second kappa shape index (κ2) is 4.77. The fourth-order valence-electron chi connectivity index (χ4n) is 2.44. The van der Waals surface area contributed by atoms with Crippen molar-refractivity contribution in [3.63, 3.8) is 0 Å². The van der Waals surface area contributed by atoms with Gasteiger partial charge in [-0.05, 0) is 44.9 Å². The Balaban J connectivity index is 2.53. The molecule has 0 aliphatic heterocycles. The van der Waals surface area contributed by atoms with Gasteiger partial charge in [0.15, 0.2) is 0 Å². The highest BCUT2D eigenvalue weighted by atomic mass is 16.1.